The molecule has 5 atom stereocenters. The van der Waals surface area contributed by atoms with E-state index in [-0.39, 0.29) is 5.69 Å². The second-order valence-electron chi connectivity index (χ2n) is 7.82. The molecule has 0 radical (unpaired) electrons. The first-order valence-corrected chi connectivity index (χ1v) is 10.9. The molecule has 0 saturated carbocycles. The van der Waals surface area contributed by atoms with Gasteiger partial charge in [-0.3, -0.25) is 34.1 Å². The van der Waals surface area contributed by atoms with E-state index in [4.69, 9.17) is 23.7 Å². The third kappa shape index (κ3) is 9.00. The number of amides is 1. The van der Waals surface area contributed by atoms with Crippen molar-refractivity contribution in [3.8, 4) is 0 Å². The van der Waals surface area contributed by atoms with Crippen LogP contribution in [0.4, 0.5) is 5.69 Å². The van der Waals surface area contributed by atoms with Crippen molar-refractivity contribution < 1.29 is 52.6 Å². The van der Waals surface area contributed by atoms with Gasteiger partial charge in [-0.25, -0.2) is 0 Å². The van der Waals surface area contributed by atoms with Crippen LogP contribution in [0.1, 0.15) is 33.3 Å². The Balaban J connectivity index is 2.38. The van der Waals surface area contributed by atoms with Crippen molar-refractivity contribution in [3.63, 3.8) is 0 Å². The number of hydrogen-bond acceptors (Lipinski definition) is 12. The van der Waals surface area contributed by atoms with Crippen LogP contribution >= 0.6 is 0 Å². The zero-order chi connectivity index (χ0) is 27.7. The van der Waals surface area contributed by atoms with E-state index >= 15 is 0 Å². The van der Waals surface area contributed by atoms with Crippen molar-refractivity contribution in [2.24, 2.45) is 0 Å². The lowest BCUT2D eigenvalue weighted by atomic mass is 9.96. The molecule has 1 saturated heterocycles. The van der Waals surface area contributed by atoms with Crippen LogP contribution in [0.15, 0.2) is 30.3 Å². The Hall–Kier alpha value is -4.33. The maximum Gasteiger partial charge on any atom is 0.305 e. The Bertz CT molecular complexity index is 1090. The number of rotatable bonds is 9. The number of nitro groups is 1. The molecule has 1 N–H and O–H groups in total. The molecule has 37 heavy (non-hydrogen) atoms. The monoisotopic (exact) mass is 522 g/mol. The van der Waals surface area contributed by atoms with Gasteiger partial charge in [0, 0.05) is 45.9 Å². The van der Waals surface area contributed by atoms with Gasteiger partial charge >= 0.3 is 23.9 Å². The van der Waals surface area contributed by atoms with E-state index in [1.165, 1.54) is 30.3 Å². The van der Waals surface area contributed by atoms with Gasteiger partial charge in [0.05, 0.1) is 4.92 Å². The molecule has 1 amide bonds. The van der Waals surface area contributed by atoms with E-state index in [0.29, 0.717) is 5.56 Å². The van der Waals surface area contributed by atoms with Gasteiger partial charge in [0.15, 0.2) is 12.2 Å². The van der Waals surface area contributed by atoms with E-state index in [1.807, 2.05) is 0 Å². The summed E-state index contributed by atoms with van der Waals surface area (Å²) in [5.41, 5.74) is 0.160. The zero-order valence-electron chi connectivity index (χ0n) is 20.4. The van der Waals surface area contributed by atoms with Crippen molar-refractivity contribution in [2.45, 2.75) is 58.3 Å². The molecule has 200 valence electrons. The predicted octanol–water partition coefficient (Wildman–Crippen LogP) is 0.807. The number of benzene rings is 1. The minimum Gasteiger partial charge on any atom is -0.463 e. The molecule has 1 aliphatic rings. The fraction of sp³-hybridized carbons (Fsp3) is 0.435. The highest BCUT2D eigenvalue weighted by Gasteiger charge is 2.52. The highest BCUT2D eigenvalue weighted by molar-refractivity contribution is 5.92. The molecule has 0 aromatic heterocycles. The van der Waals surface area contributed by atoms with Gasteiger partial charge in [0.1, 0.15) is 18.8 Å². The van der Waals surface area contributed by atoms with Crippen LogP contribution in [-0.2, 0) is 47.7 Å². The molecule has 1 aliphatic heterocycles. The number of nitrogens with zero attached hydrogens (tertiary/aromatic N) is 1. The first-order chi connectivity index (χ1) is 17.4. The van der Waals surface area contributed by atoms with Crippen LogP contribution in [0, 0.1) is 10.1 Å². The summed E-state index contributed by atoms with van der Waals surface area (Å²) in [5, 5.41) is 13.4. The van der Waals surface area contributed by atoms with Crippen LogP contribution in [0.3, 0.4) is 0 Å². The highest BCUT2D eigenvalue weighted by atomic mass is 16.7. The molecule has 0 unspecified atom stereocenters. The van der Waals surface area contributed by atoms with Crippen LogP contribution < -0.4 is 5.32 Å². The Morgan fingerprint density at radius 1 is 0.973 bits per heavy atom. The highest BCUT2D eigenvalue weighted by Crippen LogP contribution is 2.28. The van der Waals surface area contributed by atoms with E-state index in [2.05, 4.69) is 5.32 Å². The summed E-state index contributed by atoms with van der Waals surface area (Å²) in [6, 6.07) is 4.12. The quantitative estimate of drug-likeness (QED) is 0.158. The summed E-state index contributed by atoms with van der Waals surface area (Å²) in [6.45, 7) is 3.92. The molecule has 14 heteroatoms. The average molecular weight is 522 g/mol. The second kappa shape index (κ2) is 13.1. The minimum atomic E-state index is -1.54. The van der Waals surface area contributed by atoms with Gasteiger partial charge in [-0.05, 0) is 11.6 Å². The Morgan fingerprint density at radius 2 is 1.59 bits per heavy atom. The van der Waals surface area contributed by atoms with Crippen LogP contribution in [-0.4, -0.2) is 72.0 Å². The third-order valence-corrected chi connectivity index (χ3v) is 4.80. The number of hydrogen-bond donors (Lipinski definition) is 1. The predicted molar refractivity (Wildman–Crippen MR) is 122 cm³/mol. The van der Waals surface area contributed by atoms with Crippen molar-refractivity contribution in [1.82, 2.24) is 5.32 Å². The largest absolute Gasteiger partial charge is 0.463 e. The Morgan fingerprint density at radius 3 is 2.16 bits per heavy atom. The topological polar surface area (TPSA) is 187 Å². The number of carbonyl (C=O) groups excluding carboxylic acids is 5. The molecule has 0 aliphatic carbocycles. The van der Waals surface area contributed by atoms with Gasteiger partial charge in [-0.2, -0.15) is 0 Å². The fourth-order valence-electron chi connectivity index (χ4n) is 3.45. The maximum atomic E-state index is 12.7. The molecule has 1 aromatic rings. The van der Waals surface area contributed by atoms with E-state index < -0.39 is 72.0 Å². The average Bonchev–Trinajstić information content (AvgIpc) is 2.79. The molecular weight excluding hydrogens is 496 g/mol. The zero-order valence-corrected chi connectivity index (χ0v) is 20.4. The maximum absolute atomic E-state index is 12.7. The summed E-state index contributed by atoms with van der Waals surface area (Å²) in [6.07, 6.45) is -3.21. The lowest BCUT2D eigenvalue weighted by molar-refractivity contribution is -0.384. The van der Waals surface area contributed by atoms with E-state index in [9.17, 15) is 34.1 Å². The van der Waals surface area contributed by atoms with Gasteiger partial charge in [0.25, 0.3) is 5.69 Å². The summed E-state index contributed by atoms with van der Waals surface area (Å²) in [5.74, 6) is -3.88. The van der Waals surface area contributed by atoms with Gasteiger partial charge in [-0.15, -0.1) is 0 Å². The van der Waals surface area contributed by atoms with Gasteiger partial charge in [-0.1, -0.05) is 12.1 Å². The first-order valence-electron chi connectivity index (χ1n) is 10.9. The third-order valence-electron chi connectivity index (χ3n) is 4.80. The van der Waals surface area contributed by atoms with Crippen molar-refractivity contribution in [2.75, 3.05) is 6.61 Å². The summed E-state index contributed by atoms with van der Waals surface area (Å²) >= 11 is 0. The van der Waals surface area contributed by atoms with Crippen LogP contribution in [0.5, 0.6) is 0 Å². The molecule has 0 spiro atoms. The Kier molecular flexibility index (Phi) is 10.2. The lowest BCUT2D eigenvalue weighted by Crippen LogP contribution is -2.66. The number of nitro benzene ring substituents is 1. The standard InChI is InChI=1S/C23H26N2O12/c1-12(26)33-11-18-21(34-13(2)27)22(35-14(3)28)20(23(37-18)36-15(4)29)24-19(30)9-8-16-6-5-7-17(10-16)25(31)32/h5-10,18,20-23H,11H2,1-4H3,(H,24,30)/b9-8+/t18-,20-,21+,22+,23+/m0/s1. The van der Waals surface area contributed by atoms with E-state index in [1.54, 1.807) is 0 Å². The minimum absolute atomic E-state index is 0.184. The second-order valence-corrected chi connectivity index (χ2v) is 7.82. The van der Waals surface area contributed by atoms with E-state index in [0.717, 1.165) is 33.8 Å². The van der Waals surface area contributed by atoms with Crippen molar-refractivity contribution in [1.29, 1.82) is 0 Å². The number of esters is 4. The fourth-order valence-corrected chi connectivity index (χ4v) is 3.45. The summed E-state index contributed by atoms with van der Waals surface area (Å²) < 4.78 is 26.4. The van der Waals surface area contributed by atoms with Crippen LogP contribution in [0.2, 0.25) is 0 Å². The first kappa shape index (κ1) is 28.9. The van der Waals surface area contributed by atoms with Crippen LogP contribution in [0.25, 0.3) is 6.08 Å². The smallest absolute Gasteiger partial charge is 0.305 e. The molecule has 1 heterocycles. The van der Waals surface area contributed by atoms with Crippen molar-refractivity contribution in [3.05, 3.63) is 46.0 Å². The molecule has 14 nitrogen and oxygen atoms in total. The number of nitrogens with one attached hydrogen (secondary N) is 1. The van der Waals surface area contributed by atoms with Crippen molar-refractivity contribution >= 4 is 41.5 Å². The lowest BCUT2D eigenvalue weighted by Gasteiger charge is -2.44. The van der Waals surface area contributed by atoms with Gasteiger partial charge in [0.2, 0.25) is 12.2 Å². The SMILES string of the molecule is CC(=O)OC[C@@H]1O[C@@H](OC(C)=O)[C@@H](NC(=O)/C=C/c2cccc([N+](=O)[O-])c2)[C@@H](OC(C)=O)[C@@H]1OC(C)=O. The normalized spacial score (nSPS) is 23.0. The number of carbonyl (C=O) groups is 5. The molecule has 1 aromatic carbocycles. The summed E-state index contributed by atoms with van der Waals surface area (Å²) in [7, 11) is 0. The molecule has 1 fully saturated rings. The molecule has 0 bridgehead atoms. The molecule has 2 rings (SSSR count). The molecular formula is C23H26N2O12. The number of ether oxygens (including phenoxy) is 5. The number of non-ortho nitro benzene ring substituents is 1. The Labute approximate surface area is 211 Å². The summed E-state index contributed by atoms with van der Waals surface area (Å²) in [4.78, 5) is 69.9. The van der Waals surface area contributed by atoms with Gasteiger partial charge < -0.3 is 29.0 Å².